The lowest BCUT2D eigenvalue weighted by Gasteiger charge is -2.25. The maximum Gasteiger partial charge on any atom is 0.336 e. The lowest BCUT2D eigenvalue weighted by atomic mass is 10.1. The monoisotopic (exact) mass is 431 g/mol. The second-order valence-electron chi connectivity index (χ2n) is 7.75. The lowest BCUT2D eigenvalue weighted by molar-refractivity contribution is -0.129. The Morgan fingerprint density at radius 2 is 1.97 bits per heavy atom. The molecule has 3 heterocycles. The number of aromatic nitrogens is 2. The average Bonchev–Trinajstić information content (AvgIpc) is 3.05. The van der Waals surface area contributed by atoms with Crippen molar-refractivity contribution < 1.29 is 4.79 Å². The van der Waals surface area contributed by atoms with Crippen LogP contribution in [0.4, 0.5) is 0 Å². The molecule has 8 heteroatoms. The molecule has 29 heavy (non-hydrogen) atoms. The molecule has 0 N–H and O–H groups in total. The maximum absolute atomic E-state index is 13.5. The second-order valence-corrected chi connectivity index (χ2v) is 9.24. The van der Waals surface area contributed by atoms with Gasteiger partial charge in [-0.15, -0.1) is 11.3 Å². The standard InChI is InChI=1S/C21H22ClN3O3S/c1-12(2)10-24-20-18(14-8-9-23(13(3)26)11-17(14)29-20)19(27)25(21(24)28)16-7-5-4-6-15(16)22/h4-7,12H,8-11H2,1-3H3. The molecule has 1 aliphatic rings. The van der Waals surface area contributed by atoms with E-state index in [-0.39, 0.29) is 23.1 Å². The van der Waals surface area contributed by atoms with Crippen LogP contribution >= 0.6 is 22.9 Å². The fourth-order valence-corrected chi connectivity index (χ4v) is 5.42. The first kappa shape index (κ1) is 19.9. The van der Waals surface area contributed by atoms with Gasteiger partial charge in [0.25, 0.3) is 5.56 Å². The number of rotatable bonds is 3. The van der Waals surface area contributed by atoms with Crippen molar-refractivity contribution in [2.75, 3.05) is 6.54 Å². The summed E-state index contributed by atoms with van der Waals surface area (Å²) in [5.41, 5.74) is 0.619. The zero-order valence-corrected chi connectivity index (χ0v) is 18.1. The van der Waals surface area contributed by atoms with Gasteiger partial charge in [-0.2, -0.15) is 0 Å². The summed E-state index contributed by atoms with van der Waals surface area (Å²) < 4.78 is 2.88. The summed E-state index contributed by atoms with van der Waals surface area (Å²) >= 11 is 7.78. The fourth-order valence-electron chi connectivity index (χ4n) is 3.85. The van der Waals surface area contributed by atoms with Gasteiger partial charge in [-0.1, -0.05) is 37.6 Å². The molecule has 1 amide bonds. The number of carbonyl (C=O) groups excluding carboxylic acids is 1. The Bertz CT molecular complexity index is 1240. The molecular weight excluding hydrogens is 410 g/mol. The van der Waals surface area contributed by atoms with Gasteiger partial charge in [0.1, 0.15) is 4.83 Å². The minimum atomic E-state index is -0.383. The molecule has 3 aromatic rings. The van der Waals surface area contributed by atoms with Crippen molar-refractivity contribution in [1.29, 1.82) is 0 Å². The molecule has 0 fully saturated rings. The SMILES string of the molecule is CC(=O)N1CCc2c(sc3c2c(=O)n(-c2ccccc2Cl)c(=O)n3CC(C)C)C1. The lowest BCUT2D eigenvalue weighted by Crippen LogP contribution is -2.40. The van der Waals surface area contributed by atoms with Gasteiger partial charge in [-0.25, -0.2) is 9.36 Å². The van der Waals surface area contributed by atoms with E-state index in [0.717, 1.165) is 10.4 Å². The molecule has 0 saturated carbocycles. The van der Waals surface area contributed by atoms with E-state index in [0.29, 0.717) is 47.0 Å². The van der Waals surface area contributed by atoms with Crippen LogP contribution in [0.1, 0.15) is 31.2 Å². The topological polar surface area (TPSA) is 64.3 Å². The van der Waals surface area contributed by atoms with Crippen LogP contribution in [0.5, 0.6) is 0 Å². The van der Waals surface area contributed by atoms with Crippen LogP contribution in [0.25, 0.3) is 15.9 Å². The van der Waals surface area contributed by atoms with Crippen molar-refractivity contribution in [2.45, 2.75) is 40.3 Å². The van der Waals surface area contributed by atoms with Crippen molar-refractivity contribution in [3.8, 4) is 5.69 Å². The third kappa shape index (κ3) is 3.32. The van der Waals surface area contributed by atoms with Gasteiger partial charge in [-0.3, -0.25) is 14.2 Å². The van der Waals surface area contributed by atoms with E-state index in [1.165, 1.54) is 15.9 Å². The van der Waals surface area contributed by atoms with Crippen molar-refractivity contribution >= 4 is 39.1 Å². The first-order valence-electron chi connectivity index (χ1n) is 9.60. The molecule has 0 radical (unpaired) electrons. The summed E-state index contributed by atoms with van der Waals surface area (Å²) in [5, 5.41) is 0.933. The highest BCUT2D eigenvalue weighted by atomic mass is 35.5. The maximum atomic E-state index is 13.5. The Morgan fingerprint density at radius 3 is 2.62 bits per heavy atom. The molecule has 0 spiro atoms. The Morgan fingerprint density at radius 1 is 1.24 bits per heavy atom. The average molecular weight is 432 g/mol. The Labute approximate surface area is 176 Å². The van der Waals surface area contributed by atoms with Crippen LogP contribution in [-0.4, -0.2) is 26.5 Å². The first-order valence-corrected chi connectivity index (χ1v) is 10.8. The number of nitrogens with zero attached hydrogens (tertiary/aromatic N) is 3. The van der Waals surface area contributed by atoms with E-state index in [4.69, 9.17) is 11.6 Å². The number of fused-ring (bicyclic) bond motifs is 3. The van der Waals surface area contributed by atoms with Crippen LogP contribution in [0.2, 0.25) is 5.02 Å². The number of amides is 1. The molecule has 152 valence electrons. The fraction of sp³-hybridized carbons (Fsp3) is 0.381. The summed E-state index contributed by atoms with van der Waals surface area (Å²) in [7, 11) is 0. The number of thiophene rings is 1. The van der Waals surface area contributed by atoms with Crippen LogP contribution in [0, 0.1) is 5.92 Å². The molecular formula is C21H22ClN3O3S. The van der Waals surface area contributed by atoms with Crippen LogP contribution in [0.15, 0.2) is 33.9 Å². The van der Waals surface area contributed by atoms with E-state index in [9.17, 15) is 14.4 Å². The summed E-state index contributed by atoms with van der Waals surface area (Å²) in [6.07, 6.45) is 0.604. The largest absolute Gasteiger partial charge is 0.337 e. The number of para-hydroxylation sites is 1. The van der Waals surface area contributed by atoms with Crippen LogP contribution < -0.4 is 11.2 Å². The Balaban J connectivity index is 2.07. The van der Waals surface area contributed by atoms with Crippen molar-refractivity contribution in [3.05, 3.63) is 60.6 Å². The highest BCUT2D eigenvalue weighted by Crippen LogP contribution is 2.33. The Hall–Kier alpha value is -2.38. The highest BCUT2D eigenvalue weighted by molar-refractivity contribution is 7.18. The van der Waals surface area contributed by atoms with Gasteiger partial charge in [0.05, 0.1) is 22.6 Å². The minimum Gasteiger partial charge on any atom is -0.337 e. The summed E-state index contributed by atoms with van der Waals surface area (Å²) in [5.74, 6) is 0.238. The molecule has 1 aromatic carbocycles. The summed E-state index contributed by atoms with van der Waals surface area (Å²) in [6.45, 7) is 7.17. The second kappa shape index (κ2) is 7.46. The molecule has 0 atom stereocenters. The van der Waals surface area contributed by atoms with Crippen molar-refractivity contribution in [1.82, 2.24) is 14.0 Å². The van der Waals surface area contributed by atoms with E-state index in [2.05, 4.69) is 0 Å². The predicted molar refractivity (Wildman–Crippen MR) is 116 cm³/mol. The van der Waals surface area contributed by atoms with Gasteiger partial charge >= 0.3 is 5.69 Å². The highest BCUT2D eigenvalue weighted by Gasteiger charge is 2.27. The molecule has 0 saturated heterocycles. The van der Waals surface area contributed by atoms with Gasteiger partial charge in [0.15, 0.2) is 0 Å². The van der Waals surface area contributed by atoms with Gasteiger partial charge in [0, 0.05) is 24.9 Å². The number of benzene rings is 1. The molecule has 4 rings (SSSR count). The third-order valence-electron chi connectivity index (χ3n) is 5.21. The smallest absolute Gasteiger partial charge is 0.336 e. The van der Waals surface area contributed by atoms with Crippen LogP contribution in [-0.2, 0) is 24.3 Å². The zero-order chi connectivity index (χ0) is 20.9. The molecule has 6 nitrogen and oxygen atoms in total. The summed E-state index contributed by atoms with van der Waals surface area (Å²) in [6, 6.07) is 6.89. The Kier molecular flexibility index (Phi) is 5.12. The molecule has 0 aliphatic carbocycles. The molecule has 0 unspecified atom stereocenters. The van der Waals surface area contributed by atoms with Gasteiger partial charge < -0.3 is 4.90 Å². The molecule has 0 bridgehead atoms. The van der Waals surface area contributed by atoms with Crippen LogP contribution in [0.3, 0.4) is 0 Å². The van der Waals surface area contributed by atoms with E-state index in [1.807, 2.05) is 13.8 Å². The predicted octanol–water partition coefficient (Wildman–Crippen LogP) is 3.43. The van der Waals surface area contributed by atoms with E-state index >= 15 is 0 Å². The number of halogens is 1. The number of hydrogen-bond acceptors (Lipinski definition) is 4. The minimum absolute atomic E-state index is 0.0150. The normalized spacial score (nSPS) is 13.9. The van der Waals surface area contributed by atoms with Crippen molar-refractivity contribution in [3.63, 3.8) is 0 Å². The number of carbonyl (C=O) groups is 1. The zero-order valence-electron chi connectivity index (χ0n) is 16.6. The van der Waals surface area contributed by atoms with E-state index < -0.39 is 0 Å². The third-order valence-corrected chi connectivity index (χ3v) is 6.77. The number of hydrogen-bond donors (Lipinski definition) is 0. The summed E-state index contributed by atoms with van der Waals surface area (Å²) in [4.78, 5) is 42.2. The van der Waals surface area contributed by atoms with Crippen molar-refractivity contribution in [2.24, 2.45) is 5.92 Å². The molecule has 2 aromatic heterocycles. The quantitative estimate of drug-likeness (QED) is 0.638. The molecule has 1 aliphatic heterocycles. The van der Waals surface area contributed by atoms with Gasteiger partial charge in [0.2, 0.25) is 5.91 Å². The van der Waals surface area contributed by atoms with Gasteiger partial charge in [-0.05, 0) is 30.0 Å². The first-order chi connectivity index (χ1) is 13.8. The van der Waals surface area contributed by atoms with E-state index in [1.54, 1.807) is 40.7 Å².